The van der Waals surface area contributed by atoms with Crippen LogP contribution < -0.4 is 16.0 Å². The van der Waals surface area contributed by atoms with Gasteiger partial charge in [0.05, 0.1) is 0 Å². The third-order valence-electron chi connectivity index (χ3n) is 2.65. The summed E-state index contributed by atoms with van der Waals surface area (Å²) >= 11 is 0. The highest BCUT2D eigenvalue weighted by molar-refractivity contribution is 5.98. The van der Waals surface area contributed by atoms with Gasteiger partial charge in [-0.2, -0.15) is 0 Å². The summed E-state index contributed by atoms with van der Waals surface area (Å²) in [5, 5.41) is 8.01. The molecule has 20 heavy (non-hydrogen) atoms. The zero-order chi connectivity index (χ0) is 15.3. The Hall–Kier alpha value is -2.04. The fourth-order valence-electron chi connectivity index (χ4n) is 1.89. The molecule has 0 radical (unpaired) electrons. The number of hydrogen-bond acceptors (Lipinski definition) is 3. The molecular weight excluding hydrogens is 254 g/mol. The standard InChI is InChI=1S/C15H23N3O2/c1-9(2)16-15(20)18-14(19)12(5)17-13-7-10(3)6-11(4)8-13/h6-9,12,17H,1-5H3,(H2,16,18,19,20)/t12-/m0/s1. The molecule has 0 saturated carbocycles. The van der Waals surface area contributed by atoms with Crippen molar-refractivity contribution in [3.05, 3.63) is 29.3 Å². The monoisotopic (exact) mass is 277 g/mol. The number of amides is 3. The van der Waals surface area contributed by atoms with Gasteiger partial charge in [-0.15, -0.1) is 0 Å². The third kappa shape index (κ3) is 5.30. The van der Waals surface area contributed by atoms with E-state index in [1.165, 1.54) is 0 Å². The predicted molar refractivity (Wildman–Crippen MR) is 80.8 cm³/mol. The van der Waals surface area contributed by atoms with Crippen LogP contribution in [0.25, 0.3) is 0 Å². The van der Waals surface area contributed by atoms with E-state index in [0.717, 1.165) is 16.8 Å². The summed E-state index contributed by atoms with van der Waals surface area (Å²) in [6.45, 7) is 9.39. The molecule has 0 aliphatic carbocycles. The molecule has 5 nitrogen and oxygen atoms in total. The Morgan fingerprint density at radius 1 is 1.00 bits per heavy atom. The summed E-state index contributed by atoms with van der Waals surface area (Å²) in [7, 11) is 0. The van der Waals surface area contributed by atoms with Crippen LogP contribution in [0.5, 0.6) is 0 Å². The van der Waals surface area contributed by atoms with Crippen molar-refractivity contribution in [1.29, 1.82) is 0 Å². The maximum Gasteiger partial charge on any atom is 0.321 e. The van der Waals surface area contributed by atoms with Crippen LogP contribution in [0.15, 0.2) is 18.2 Å². The number of aryl methyl sites for hydroxylation is 2. The van der Waals surface area contributed by atoms with E-state index in [2.05, 4.69) is 22.0 Å². The summed E-state index contributed by atoms with van der Waals surface area (Å²) in [5.41, 5.74) is 3.12. The minimum Gasteiger partial charge on any atom is -0.374 e. The van der Waals surface area contributed by atoms with Crippen molar-refractivity contribution >= 4 is 17.6 Å². The fourth-order valence-corrected chi connectivity index (χ4v) is 1.89. The summed E-state index contributed by atoms with van der Waals surface area (Å²) in [5.74, 6) is -0.359. The molecule has 0 aromatic heterocycles. The molecule has 1 atom stereocenters. The van der Waals surface area contributed by atoms with Crippen LogP contribution in [-0.4, -0.2) is 24.0 Å². The van der Waals surface area contributed by atoms with E-state index < -0.39 is 12.1 Å². The lowest BCUT2D eigenvalue weighted by Gasteiger charge is -2.16. The number of hydrogen-bond donors (Lipinski definition) is 3. The van der Waals surface area contributed by atoms with E-state index >= 15 is 0 Å². The normalized spacial score (nSPS) is 11.9. The molecule has 0 aliphatic rings. The predicted octanol–water partition coefficient (Wildman–Crippen LogP) is 2.34. The highest BCUT2D eigenvalue weighted by atomic mass is 16.2. The van der Waals surface area contributed by atoms with Crippen LogP contribution in [0.1, 0.15) is 31.9 Å². The first kappa shape index (κ1) is 16.0. The number of rotatable bonds is 4. The van der Waals surface area contributed by atoms with Gasteiger partial charge in [-0.3, -0.25) is 10.1 Å². The van der Waals surface area contributed by atoms with Gasteiger partial charge < -0.3 is 10.6 Å². The van der Waals surface area contributed by atoms with Crippen molar-refractivity contribution in [3.8, 4) is 0 Å². The molecule has 0 aliphatic heterocycles. The zero-order valence-corrected chi connectivity index (χ0v) is 12.7. The average Bonchev–Trinajstić information content (AvgIpc) is 2.25. The molecule has 0 bridgehead atoms. The van der Waals surface area contributed by atoms with E-state index in [4.69, 9.17) is 0 Å². The minimum absolute atomic E-state index is 0.00881. The van der Waals surface area contributed by atoms with Crippen LogP contribution in [0.3, 0.4) is 0 Å². The van der Waals surface area contributed by atoms with Gasteiger partial charge in [0.25, 0.3) is 0 Å². The lowest BCUT2D eigenvalue weighted by atomic mass is 10.1. The maximum atomic E-state index is 11.9. The number of benzene rings is 1. The average molecular weight is 277 g/mol. The fraction of sp³-hybridized carbons (Fsp3) is 0.467. The zero-order valence-electron chi connectivity index (χ0n) is 12.7. The highest BCUT2D eigenvalue weighted by Crippen LogP contribution is 2.14. The number of nitrogens with one attached hydrogen (secondary N) is 3. The Labute approximate surface area is 120 Å². The Balaban J connectivity index is 2.59. The smallest absolute Gasteiger partial charge is 0.321 e. The Kier molecular flexibility index (Phi) is 5.55. The van der Waals surface area contributed by atoms with Crippen molar-refractivity contribution < 1.29 is 9.59 Å². The van der Waals surface area contributed by atoms with Crippen molar-refractivity contribution in [2.45, 2.75) is 46.7 Å². The molecule has 0 saturated heterocycles. The quantitative estimate of drug-likeness (QED) is 0.791. The van der Waals surface area contributed by atoms with Crippen LogP contribution in [0.4, 0.5) is 10.5 Å². The largest absolute Gasteiger partial charge is 0.374 e. The lowest BCUT2D eigenvalue weighted by molar-refractivity contribution is -0.120. The van der Waals surface area contributed by atoms with Gasteiger partial charge in [0.2, 0.25) is 5.91 Å². The van der Waals surface area contributed by atoms with E-state index in [1.54, 1.807) is 6.92 Å². The lowest BCUT2D eigenvalue weighted by Crippen LogP contribution is -2.47. The van der Waals surface area contributed by atoms with Gasteiger partial charge in [0.15, 0.2) is 0 Å². The summed E-state index contributed by atoms with van der Waals surface area (Å²) < 4.78 is 0. The molecule has 0 heterocycles. The summed E-state index contributed by atoms with van der Waals surface area (Å²) in [6, 6.07) is 5.01. The van der Waals surface area contributed by atoms with Gasteiger partial charge in [0, 0.05) is 11.7 Å². The van der Waals surface area contributed by atoms with E-state index in [-0.39, 0.29) is 11.9 Å². The topological polar surface area (TPSA) is 70.2 Å². The molecule has 1 rings (SSSR count). The van der Waals surface area contributed by atoms with Crippen LogP contribution in [0, 0.1) is 13.8 Å². The second-order valence-corrected chi connectivity index (χ2v) is 5.36. The van der Waals surface area contributed by atoms with Crippen LogP contribution in [0.2, 0.25) is 0 Å². The van der Waals surface area contributed by atoms with E-state index in [9.17, 15) is 9.59 Å². The first-order valence-electron chi connectivity index (χ1n) is 6.74. The van der Waals surface area contributed by atoms with Gasteiger partial charge in [0.1, 0.15) is 6.04 Å². The third-order valence-corrected chi connectivity index (χ3v) is 2.65. The second-order valence-electron chi connectivity index (χ2n) is 5.36. The summed E-state index contributed by atoms with van der Waals surface area (Å²) in [4.78, 5) is 23.3. The van der Waals surface area contributed by atoms with E-state index in [0.29, 0.717) is 0 Å². The number of carbonyl (C=O) groups excluding carboxylic acids is 2. The first-order valence-corrected chi connectivity index (χ1v) is 6.74. The van der Waals surface area contributed by atoms with E-state index in [1.807, 2.05) is 39.8 Å². The first-order chi connectivity index (χ1) is 9.27. The van der Waals surface area contributed by atoms with Crippen LogP contribution >= 0.6 is 0 Å². The molecule has 0 spiro atoms. The Morgan fingerprint density at radius 2 is 1.55 bits per heavy atom. The van der Waals surface area contributed by atoms with Gasteiger partial charge in [-0.25, -0.2) is 4.79 Å². The Morgan fingerprint density at radius 3 is 2.05 bits per heavy atom. The number of imide groups is 1. The molecular formula is C15H23N3O2. The number of carbonyl (C=O) groups is 2. The molecule has 110 valence electrons. The SMILES string of the molecule is Cc1cc(C)cc(N[C@@H](C)C(=O)NC(=O)NC(C)C)c1. The van der Waals surface area contributed by atoms with Crippen LogP contribution in [-0.2, 0) is 4.79 Å². The molecule has 0 unspecified atom stereocenters. The summed E-state index contributed by atoms with van der Waals surface area (Å²) in [6.07, 6.45) is 0. The molecule has 1 aromatic rings. The van der Waals surface area contributed by atoms with Gasteiger partial charge in [-0.1, -0.05) is 6.07 Å². The molecule has 3 N–H and O–H groups in total. The van der Waals surface area contributed by atoms with Gasteiger partial charge >= 0.3 is 6.03 Å². The molecule has 1 aromatic carbocycles. The Bertz CT molecular complexity index is 478. The minimum atomic E-state index is -0.492. The van der Waals surface area contributed by atoms with Gasteiger partial charge in [-0.05, 0) is 57.9 Å². The van der Waals surface area contributed by atoms with Crippen molar-refractivity contribution in [2.75, 3.05) is 5.32 Å². The second kappa shape index (κ2) is 6.93. The number of anilines is 1. The molecule has 5 heteroatoms. The van der Waals surface area contributed by atoms with Crippen molar-refractivity contribution in [1.82, 2.24) is 10.6 Å². The molecule has 0 fully saturated rings. The highest BCUT2D eigenvalue weighted by Gasteiger charge is 2.16. The molecule has 3 amide bonds. The maximum absolute atomic E-state index is 11.9. The van der Waals surface area contributed by atoms with Crippen molar-refractivity contribution in [2.24, 2.45) is 0 Å². The van der Waals surface area contributed by atoms with Crippen molar-refractivity contribution in [3.63, 3.8) is 0 Å². The number of urea groups is 1.